The van der Waals surface area contributed by atoms with Crippen molar-refractivity contribution in [2.24, 2.45) is 0 Å². The first-order valence-corrected chi connectivity index (χ1v) is 6.55. The monoisotopic (exact) mass is 259 g/mol. The molecule has 2 unspecified atom stereocenters. The van der Waals surface area contributed by atoms with E-state index in [0.717, 1.165) is 4.90 Å². The lowest BCUT2D eigenvalue weighted by atomic mass is 10.1. The number of hydrogen-bond acceptors (Lipinski definition) is 5. The number of piperidine rings is 1. The molecule has 0 aromatic rings. The van der Waals surface area contributed by atoms with E-state index in [4.69, 9.17) is 5.26 Å². The summed E-state index contributed by atoms with van der Waals surface area (Å²) in [5.41, 5.74) is 0. The van der Waals surface area contributed by atoms with Gasteiger partial charge < -0.3 is 0 Å². The zero-order valence-corrected chi connectivity index (χ0v) is 10.3. The van der Waals surface area contributed by atoms with Gasteiger partial charge in [-0.25, -0.2) is 13.1 Å². The second kappa shape index (κ2) is 4.81. The number of hydrogen-bond donors (Lipinski definition) is 1. The molecule has 1 heterocycles. The molecule has 1 fully saturated rings. The first-order chi connectivity index (χ1) is 7.79. The minimum atomic E-state index is -3.85. The molecular weight excluding hydrogens is 246 g/mol. The first-order valence-electron chi connectivity index (χ1n) is 5.00. The summed E-state index contributed by atoms with van der Waals surface area (Å²) in [5.74, 6) is -0.922. The molecule has 2 amide bonds. The molecule has 94 valence electrons. The average Bonchev–Trinajstić information content (AvgIpc) is 2.28. The van der Waals surface area contributed by atoms with Crippen LogP contribution in [0.4, 0.5) is 0 Å². The Balaban J connectivity index is 2.81. The van der Waals surface area contributed by atoms with Gasteiger partial charge in [-0.2, -0.15) is 5.26 Å². The number of carbonyl (C=O) groups excluding carboxylic acids is 2. The summed E-state index contributed by atoms with van der Waals surface area (Å²) in [5, 5.41) is 7.30. The topological polar surface area (TPSA) is 107 Å². The summed E-state index contributed by atoms with van der Waals surface area (Å²) in [6, 6.07) is 0.628. The van der Waals surface area contributed by atoms with Crippen LogP contribution in [-0.2, 0) is 19.6 Å². The van der Waals surface area contributed by atoms with Gasteiger partial charge in [0.25, 0.3) is 0 Å². The van der Waals surface area contributed by atoms with Crippen molar-refractivity contribution in [3.05, 3.63) is 0 Å². The van der Waals surface area contributed by atoms with Gasteiger partial charge in [-0.15, -0.1) is 0 Å². The first kappa shape index (κ1) is 13.6. The minimum absolute atomic E-state index is 0.108. The SMILES string of the molecule is CC(C#N)S(=O)(=O)NC1CCC(=O)N(C)C1=O. The van der Waals surface area contributed by atoms with E-state index in [1.807, 2.05) is 0 Å². The highest BCUT2D eigenvalue weighted by molar-refractivity contribution is 7.90. The van der Waals surface area contributed by atoms with Gasteiger partial charge >= 0.3 is 0 Å². The zero-order valence-electron chi connectivity index (χ0n) is 9.50. The van der Waals surface area contributed by atoms with Crippen LogP contribution >= 0.6 is 0 Å². The summed E-state index contributed by atoms with van der Waals surface area (Å²) in [6.45, 7) is 1.23. The maximum Gasteiger partial charge on any atom is 0.247 e. The molecule has 0 aliphatic carbocycles. The van der Waals surface area contributed by atoms with Crippen molar-refractivity contribution in [3.63, 3.8) is 0 Å². The lowest BCUT2D eigenvalue weighted by Gasteiger charge is -2.28. The highest BCUT2D eigenvalue weighted by atomic mass is 32.2. The number of likely N-dealkylation sites (N-methyl/N-ethyl adjacent to an activating group) is 1. The van der Waals surface area contributed by atoms with Crippen molar-refractivity contribution < 1.29 is 18.0 Å². The van der Waals surface area contributed by atoms with Crippen LogP contribution in [-0.4, -0.2) is 43.5 Å². The third-order valence-electron chi connectivity index (χ3n) is 2.60. The third kappa shape index (κ3) is 2.81. The largest absolute Gasteiger partial charge is 0.284 e. The van der Waals surface area contributed by atoms with E-state index in [2.05, 4.69) is 4.72 Å². The molecule has 0 saturated carbocycles. The molecule has 1 aliphatic rings. The van der Waals surface area contributed by atoms with Crippen LogP contribution < -0.4 is 4.72 Å². The average molecular weight is 259 g/mol. The quantitative estimate of drug-likeness (QED) is 0.652. The lowest BCUT2D eigenvalue weighted by Crippen LogP contribution is -2.54. The molecule has 1 N–H and O–H groups in total. The number of nitriles is 1. The smallest absolute Gasteiger partial charge is 0.247 e. The number of carbonyl (C=O) groups is 2. The number of nitrogens with zero attached hydrogens (tertiary/aromatic N) is 2. The van der Waals surface area contributed by atoms with Gasteiger partial charge in [-0.3, -0.25) is 14.5 Å². The molecule has 2 atom stereocenters. The molecule has 0 bridgehead atoms. The Morgan fingerprint density at radius 1 is 1.53 bits per heavy atom. The second-order valence-electron chi connectivity index (χ2n) is 3.82. The van der Waals surface area contributed by atoms with Crippen LogP contribution in [0.3, 0.4) is 0 Å². The maximum absolute atomic E-state index is 11.6. The fraction of sp³-hybridized carbons (Fsp3) is 0.667. The Morgan fingerprint density at radius 3 is 2.65 bits per heavy atom. The highest BCUT2D eigenvalue weighted by Gasteiger charge is 2.35. The number of sulfonamides is 1. The van der Waals surface area contributed by atoms with E-state index in [1.165, 1.54) is 14.0 Å². The molecule has 1 rings (SSSR count). The number of likely N-dealkylation sites (tertiary alicyclic amines) is 1. The van der Waals surface area contributed by atoms with Crippen molar-refractivity contribution in [3.8, 4) is 6.07 Å². The molecule has 1 saturated heterocycles. The predicted molar refractivity (Wildman–Crippen MR) is 57.9 cm³/mol. The lowest BCUT2D eigenvalue weighted by molar-refractivity contribution is -0.147. The van der Waals surface area contributed by atoms with Gasteiger partial charge in [0.2, 0.25) is 21.8 Å². The number of rotatable bonds is 3. The molecule has 0 radical (unpaired) electrons. The van der Waals surface area contributed by atoms with E-state index in [-0.39, 0.29) is 18.7 Å². The summed E-state index contributed by atoms with van der Waals surface area (Å²) in [6.07, 6.45) is 0.232. The molecule has 7 nitrogen and oxygen atoms in total. The van der Waals surface area contributed by atoms with Crippen molar-refractivity contribution in [1.29, 1.82) is 5.26 Å². The summed E-state index contributed by atoms with van der Waals surface area (Å²) in [7, 11) is -2.55. The van der Waals surface area contributed by atoms with E-state index in [9.17, 15) is 18.0 Å². The Kier molecular flexibility index (Phi) is 3.85. The summed E-state index contributed by atoms with van der Waals surface area (Å²) >= 11 is 0. The van der Waals surface area contributed by atoms with Crippen molar-refractivity contribution in [2.45, 2.75) is 31.1 Å². The van der Waals surface area contributed by atoms with Crippen molar-refractivity contribution >= 4 is 21.8 Å². The number of amides is 2. The highest BCUT2D eigenvalue weighted by Crippen LogP contribution is 2.13. The van der Waals surface area contributed by atoms with Gasteiger partial charge in [-0.05, 0) is 13.3 Å². The normalized spacial score (nSPS) is 23.4. The van der Waals surface area contributed by atoms with E-state index in [1.54, 1.807) is 6.07 Å². The van der Waals surface area contributed by atoms with E-state index >= 15 is 0 Å². The summed E-state index contributed by atoms with van der Waals surface area (Å²) < 4.78 is 25.3. The minimum Gasteiger partial charge on any atom is -0.284 e. The van der Waals surface area contributed by atoms with Crippen LogP contribution in [0.5, 0.6) is 0 Å². The molecule has 0 aromatic carbocycles. The second-order valence-corrected chi connectivity index (χ2v) is 5.85. The van der Waals surface area contributed by atoms with Gasteiger partial charge in [-0.1, -0.05) is 0 Å². The van der Waals surface area contributed by atoms with Crippen LogP contribution in [0.2, 0.25) is 0 Å². The standard InChI is InChI=1S/C9H13N3O4S/c1-6(5-10)17(15,16)11-7-3-4-8(13)12(2)9(7)14/h6-7,11H,3-4H2,1-2H3. The van der Waals surface area contributed by atoms with Gasteiger partial charge in [0.15, 0.2) is 5.25 Å². The molecule has 0 aromatic heterocycles. The molecular formula is C9H13N3O4S. The fourth-order valence-corrected chi connectivity index (χ4v) is 2.35. The Hall–Kier alpha value is -1.46. The number of imide groups is 1. The number of nitrogens with one attached hydrogen (secondary N) is 1. The molecule has 17 heavy (non-hydrogen) atoms. The molecule has 0 spiro atoms. The molecule has 8 heteroatoms. The molecule has 1 aliphatic heterocycles. The Labute approximate surface area is 99.4 Å². The van der Waals surface area contributed by atoms with E-state index in [0.29, 0.717) is 0 Å². The van der Waals surface area contributed by atoms with Crippen LogP contribution in [0.25, 0.3) is 0 Å². The van der Waals surface area contributed by atoms with Crippen LogP contribution in [0, 0.1) is 11.3 Å². The van der Waals surface area contributed by atoms with Crippen molar-refractivity contribution in [1.82, 2.24) is 9.62 Å². The summed E-state index contributed by atoms with van der Waals surface area (Å²) in [4.78, 5) is 23.7. The van der Waals surface area contributed by atoms with Crippen molar-refractivity contribution in [2.75, 3.05) is 7.05 Å². The van der Waals surface area contributed by atoms with Crippen LogP contribution in [0.1, 0.15) is 19.8 Å². The van der Waals surface area contributed by atoms with E-state index < -0.39 is 27.2 Å². The third-order valence-corrected chi connectivity index (χ3v) is 4.25. The van der Waals surface area contributed by atoms with Gasteiger partial charge in [0.05, 0.1) is 6.07 Å². The van der Waals surface area contributed by atoms with Gasteiger partial charge in [0.1, 0.15) is 6.04 Å². The van der Waals surface area contributed by atoms with Crippen LogP contribution in [0.15, 0.2) is 0 Å². The predicted octanol–water partition coefficient (Wildman–Crippen LogP) is -1.03. The zero-order chi connectivity index (χ0) is 13.2. The maximum atomic E-state index is 11.6. The van der Waals surface area contributed by atoms with Gasteiger partial charge in [0, 0.05) is 13.5 Å². The Morgan fingerprint density at radius 2 is 2.12 bits per heavy atom. The Bertz CT molecular complexity index is 479. The fourth-order valence-electron chi connectivity index (χ4n) is 1.39.